The Morgan fingerprint density at radius 1 is 0.558 bits per heavy atom. The summed E-state index contributed by atoms with van der Waals surface area (Å²) in [6.45, 7) is 3.30. The van der Waals surface area contributed by atoms with Gasteiger partial charge in [0.2, 0.25) is 70.9 Å². The van der Waals surface area contributed by atoms with Gasteiger partial charge in [0, 0.05) is 31.8 Å². The molecule has 2 heterocycles. The Labute approximate surface area is 447 Å². The number of nitrogens with zero attached hydrogens (tertiary/aromatic N) is 1. The number of phenols is 1. The summed E-state index contributed by atoms with van der Waals surface area (Å²) in [6, 6.07) is -7.35. The Kier molecular flexibility index (Phi) is 27.3. The van der Waals surface area contributed by atoms with Gasteiger partial charge in [0.15, 0.2) is 0 Å². The van der Waals surface area contributed by atoms with Crippen LogP contribution in [0.1, 0.15) is 141 Å². The molecule has 0 aromatic heterocycles. The van der Waals surface area contributed by atoms with Crippen LogP contribution in [-0.4, -0.2) is 147 Å². The van der Waals surface area contributed by atoms with E-state index in [1.807, 2.05) is 0 Å². The van der Waals surface area contributed by atoms with Crippen molar-refractivity contribution in [3.63, 3.8) is 0 Å². The van der Waals surface area contributed by atoms with Crippen LogP contribution in [0.5, 0.6) is 5.75 Å². The number of carbonyl (C=O) groups excluding carboxylic acids is 12. The zero-order valence-corrected chi connectivity index (χ0v) is 44.1. The Bertz CT molecular complexity index is 2230. The molecule has 1 aromatic rings. The fraction of sp³-hybridized carbons (Fsp3) is 0.647. The third-order valence-corrected chi connectivity index (χ3v) is 13.2. The Morgan fingerprint density at radius 3 is 1.53 bits per heavy atom. The van der Waals surface area contributed by atoms with Gasteiger partial charge in [0.1, 0.15) is 48.0 Å². The molecule has 0 aliphatic carbocycles. The number of primary amides is 4. The second kappa shape index (κ2) is 32.9. The average molecular weight is 1090 g/mol. The van der Waals surface area contributed by atoms with Crippen LogP contribution in [0.2, 0.25) is 0 Å². The minimum Gasteiger partial charge on any atom is -0.508 e. The van der Waals surface area contributed by atoms with Crippen LogP contribution in [0.25, 0.3) is 0 Å². The van der Waals surface area contributed by atoms with Crippen molar-refractivity contribution in [1.82, 2.24) is 42.1 Å². The topological polar surface area (TPSA) is 437 Å². The first-order valence-electron chi connectivity index (χ1n) is 26.4. The number of phenolic OH excluding ortho intramolecular Hbond substituents is 1. The zero-order valence-electron chi connectivity index (χ0n) is 44.1. The van der Waals surface area contributed by atoms with Crippen LogP contribution < -0.4 is 60.2 Å². The number of nitrogens with one attached hydrogen (secondary N) is 7. The van der Waals surface area contributed by atoms with Gasteiger partial charge < -0.3 is 75.3 Å². The molecule has 0 radical (unpaired) electrons. The molecule has 1 aromatic carbocycles. The number of aromatic hydroxyl groups is 1. The number of fused-ring (bicyclic) bond motifs is 1. The molecule has 0 saturated carbocycles. The maximum absolute atomic E-state index is 14.3. The summed E-state index contributed by atoms with van der Waals surface area (Å²) >= 11 is 0. The van der Waals surface area contributed by atoms with Crippen molar-refractivity contribution in [2.24, 2.45) is 28.9 Å². The molecule has 8 atom stereocenters. The Hall–Kier alpha value is -7.38. The van der Waals surface area contributed by atoms with Gasteiger partial charge in [0.25, 0.3) is 0 Å². The summed E-state index contributed by atoms with van der Waals surface area (Å²) in [4.78, 5) is 162. The van der Waals surface area contributed by atoms with Gasteiger partial charge >= 0.3 is 0 Å². The molecule has 3 rings (SSSR count). The molecule has 26 nitrogen and oxygen atoms in total. The van der Waals surface area contributed by atoms with Crippen molar-refractivity contribution in [3.05, 3.63) is 29.8 Å². The lowest BCUT2D eigenvalue weighted by Gasteiger charge is -2.31. The minimum atomic E-state index is -1.86. The van der Waals surface area contributed by atoms with E-state index >= 15 is 0 Å². The Balaban J connectivity index is 2.08. The number of rotatable bonds is 24. The summed E-state index contributed by atoms with van der Waals surface area (Å²) in [5, 5.41) is 37.3. The molecular weight excluding hydrogens is 1000 g/mol. The van der Waals surface area contributed by atoms with E-state index in [2.05, 4.69) is 51.1 Å². The summed E-state index contributed by atoms with van der Waals surface area (Å²) in [6.07, 6.45) is 5.88. The van der Waals surface area contributed by atoms with Crippen molar-refractivity contribution in [2.45, 2.75) is 191 Å². The lowest BCUT2D eigenvalue weighted by atomic mass is 10.0. The smallest absolute Gasteiger partial charge is 0.245 e. The van der Waals surface area contributed by atoms with Crippen LogP contribution in [0.15, 0.2) is 24.3 Å². The van der Waals surface area contributed by atoms with E-state index in [9.17, 15) is 67.7 Å². The van der Waals surface area contributed by atoms with E-state index in [1.165, 1.54) is 37.1 Å². The molecule has 2 aliphatic rings. The van der Waals surface area contributed by atoms with E-state index in [0.717, 1.165) is 43.4 Å². The third-order valence-electron chi connectivity index (χ3n) is 13.2. The quantitative estimate of drug-likeness (QED) is 0.0479. The van der Waals surface area contributed by atoms with Gasteiger partial charge in [-0.2, -0.15) is 0 Å². The van der Waals surface area contributed by atoms with Gasteiger partial charge in [0.05, 0.1) is 25.9 Å². The number of hydrogen-bond donors (Lipinski definition) is 13. The zero-order chi connectivity index (χ0) is 57.2. The van der Waals surface area contributed by atoms with E-state index in [0.29, 0.717) is 24.3 Å². The first kappa shape index (κ1) is 63.9. The van der Waals surface area contributed by atoms with Gasteiger partial charge in [-0.15, -0.1) is 0 Å². The molecule has 2 saturated heterocycles. The van der Waals surface area contributed by atoms with Gasteiger partial charge in [-0.1, -0.05) is 90.2 Å². The summed E-state index contributed by atoms with van der Waals surface area (Å²) in [5.41, 5.74) is 22.2. The standard InChI is InChI=1S/C51H80N12O14/c1-29(2)13-10-8-6-4-3-5-7-9-11-14-31-24-44(70)57-35(25-41(53)67)46(72)59-34(23-30-16-18-32(65)19-17-30)45(71)60-36(26-42(54)68)47(73)58-33(20-21-40(52)66)51(77)63-22-12-15-39(63)50(76)61-37(27-43(55)69)48(74)62-38(28-64)49(75)56-31/h16-19,29,31,33-39,64-65H,3-15,20-28H2,1-2H3,(H2,52,66)(H2,53,67)(H2,54,68)(H2,55,69)(H,56,75)(H,57,70)(H,58,73)(H,59,72)(H,60,71)(H,61,76)(H,62,74). The third kappa shape index (κ3) is 23.6. The largest absolute Gasteiger partial charge is 0.508 e. The molecule has 2 fully saturated rings. The fourth-order valence-corrected chi connectivity index (χ4v) is 9.09. The molecule has 17 N–H and O–H groups in total. The van der Waals surface area contributed by atoms with Crippen molar-refractivity contribution in [1.29, 1.82) is 0 Å². The highest BCUT2D eigenvalue weighted by atomic mass is 16.3. The summed E-state index contributed by atoms with van der Waals surface area (Å²) in [7, 11) is 0. The minimum absolute atomic E-state index is 0.00295. The van der Waals surface area contributed by atoms with Crippen LogP contribution in [-0.2, 0) is 64.0 Å². The summed E-state index contributed by atoms with van der Waals surface area (Å²) < 4.78 is 0. The molecular formula is C51H80N12O14. The van der Waals surface area contributed by atoms with Crippen molar-refractivity contribution in [2.75, 3.05) is 13.2 Å². The molecule has 0 spiro atoms. The van der Waals surface area contributed by atoms with E-state index < -0.39 is 164 Å². The highest BCUT2D eigenvalue weighted by Gasteiger charge is 2.41. The van der Waals surface area contributed by atoms with Crippen molar-refractivity contribution >= 4 is 70.9 Å². The predicted octanol–water partition coefficient (Wildman–Crippen LogP) is -2.45. The van der Waals surface area contributed by atoms with Gasteiger partial charge in [-0.25, -0.2) is 0 Å². The van der Waals surface area contributed by atoms with Crippen LogP contribution in [0.4, 0.5) is 0 Å². The molecule has 2 aliphatic heterocycles. The maximum atomic E-state index is 14.3. The first-order valence-corrected chi connectivity index (χ1v) is 26.4. The highest BCUT2D eigenvalue weighted by molar-refractivity contribution is 6.00. The lowest BCUT2D eigenvalue weighted by molar-refractivity contribution is -0.143. The number of aliphatic hydroxyl groups excluding tert-OH is 1. The Morgan fingerprint density at radius 2 is 1.01 bits per heavy atom. The van der Waals surface area contributed by atoms with E-state index in [4.69, 9.17) is 22.9 Å². The van der Waals surface area contributed by atoms with Crippen LogP contribution >= 0.6 is 0 Å². The average Bonchev–Trinajstić information content (AvgIpc) is 3.85. The molecule has 26 heteroatoms. The molecule has 12 amide bonds. The number of hydrogen-bond acceptors (Lipinski definition) is 14. The van der Waals surface area contributed by atoms with Crippen LogP contribution in [0.3, 0.4) is 0 Å². The number of benzene rings is 1. The maximum Gasteiger partial charge on any atom is 0.245 e. The monoisotopic (exact) mass is 1080 g/mol. The fourth-order valence-electron chi connectivity index (χ4n) is 9.09. The predicted molar refractivity (Wildman–Crippen MR) is 277 cm³/mol. The highest BCUT2D eigenvalue weighted by Crippen LogP contribution is 2.21. The van der Waals surface area contributed by atoms with Gasteiger partial charge in [-0.3, -0.25) is 57.5 Å². The summed E-state index contributed by atoms with van der Waals surface area (Å²) in [5.74, 6) is -11.9. The molecule has 428 valence electrons. The van der Waals surface area contributed by atoms with E-state index in [1.54, 1.807) is 0 Å². The molecule has 8 unspecified atom stereocenters. The number of carbonyl (C=O) groups is 12. The number of amides is 12. The number of aliphatic hydroxyl groups is 1. The number of nitrogens with two attached hydrogens (primary N) is 4. The number of unbranched alkanes of at least 4 members (excludes halogenated alkanes) is 8. The first-order chi connectivity index (χ1) is 36.5. The normalized spacial score (nSPS) is 23.7. The van der Waals surface area contributed by atoms with Crippen molar-refractivity contribution in [3.8, 4) is 5.75 Å². The van der Waals surface area contributed by atoms with Gasteiger partial charge in [-0.05, 0) is 49.3 Å². The molecule has 0 bridgehead atoms. The lowest BCUT2D eigenvalue weighted by Crippen LogP contribution is -2.60. The molecule has 77 heavy (non-hydrogen) atoms. The van der Waals surface area contributed by atoms with Crippen molar-refractivity contribution < 1.29 is 67.7 Å². The second-order valence-corrected chi connectivity index (χ2v) is 20.2. The SMILES string of the molecule is CC(C)CCCCCCCCCCCC1CC(=O)NC(CC(N)=O)C(=O)NC(Cc2ccc(O)cc2)C(=O)NC(CC(N)=O)C(=O)NC(CCC(N)=O)C(=O)N2CCCC2C(=O)NC(CC(N)=O)C(=O)NC(CO)C(=O)N1. The van der Waals surface area contributed by atoms with Crippen LogP contribution in [0, 0.1) is 5.92 Å². The second-order valence-electron chi connectivity index (χ2n) is 20.2. The van der Waals surface area contributed by atoms with E-state index in [-0.39, 0.29) is 38.0 Å².